The van der Waals surface area contributed by atoms with E-state index in [0.29, 0.717) is 6.04 Å². The second-order valence-corrected chi connectivity index (χ2v) is 4.77. The molecule has 1 aliphatic heterocycles. The lowest BCUT2D eigenvalue weighted by Gasteiger charge is -2.35. The first-order valence-corrected chi connectivity index (χ1v) is 6.03. The van der Waals surface area contributed by atoms with E-state index < -0.39 is 0 Å². The van der Waals surface area contributed by atoms with Crippen molar-refractivity contribution in [1.29, 1.82) is 0 Å². The molecule has 0 aliphatic carbocycles. The average molecular weight is 308 g/mol. The third-order valence-corrected chi connectivity index (χ3v) is 3.53. The molecule has 0 unspecified atom stereocenters. The van der Waals surface area contributed by atoms with E-state index in [0.717, 1.165) is 42.2 Å². The molecule has 1 aromatic rings. The van der Waals surface area contributed by atoms with Gasteiger partial charge in [-0.05, 0) is 20.9 Å². The Balaban J connectivity index is 0.00000162. The summed E-state index contributed by atoms with van der Waals surface area (Å²) in [5.41, 5.74) is 3.37. The van der Waals surface area contributed by atoms with Crippen molar-refractivity contribution in [2.24, 2.45) is 0 Å². The topological polar surface area (TPSA) is 37.4 Å². The molecule has 0 bridgehead atoms. The number of halogens is 2. The number of likely N-dealkylation sites (N-methyl/N-ethyl adjacent to an activating group) is 1. The molecule has 1 aromatic heterocycles. The number of aryl methyl sites for hydroxylation is 1. The maximum atomic E-state index is 5.43. The summed E-state index contributed by atoms with van der Waals surface area (Å²) in [6.07, 6.45) is 1.90. The van der Waals surface area contributed by atoms with Gasteiger partial charge in [0.15, 0.2) is 0 Å². The van der Waals surface area contributed by atoms with Gasteiger partial charge in [-0.2, -0.15) is 0 Å². The van der Waals surface area contributed by atoms with E-state index in [9.17, 15) is 0 Å². The lowest BCUT2D eigenvalue weighted by Crippen LogP contribution is -2.55. The lowest BCUT2D eigenvalue weighted by atomic mass is 10.1. The third-order valence-electron chi connectivity index (χ3n) is 3.53. The quantitative estimate of drug-likeness (QED) is 0.922. The van der Waals surface area contributed by atoms with Crippen LogP contribution >= 0.6 is 24.8 Å². The Labute approximate surface area is 127 Å². The summed E-state index contributed by atoms with van der Waals surface area (Å²) >= 11 is 0. The van der Waals surface area contributed by atoms with Crippen LogP contribution in [0.25, 0.3) is 0 Å². The van der Waals surface area contributed by atoms with E-state index in [-0.39, 0.29) is 24.8 Å². The summed E-state index contributed by atoms with van der Waals surface area (Å²) in [5, 5.41) is 3.29. The highest BCUT2D eigenvalue weighted by Crippen LogP contribution is 2.24. The minimum atomic E-state index is 0. The molecule has 2 rings (SSSR count). The van der Waals surface area contributed by atoms with Crippen molar-refractivity contribution in [1.82, 2.24) is 15.2 Å². The van der Waals surface area contributed by atoms with Gasteiger partial charge in [0.25, 0.3) is 0 Å². The zero-order valence-corrected chi connectivity index (χ0v) is 13.5. The predicted molar refractivity (Wildman–Crippen MR) is 82.9 cm³/mol. The second kappa shape index (κ2) is 7.90. The monoisotopic (exact) mass is 307 g/mol. The molecule has 0 aromatic carbocycles. The molecule has 1 N–H and O–H groups in total. The molecular weight excluding hydrogens is 285 g/mol. The van der Waals surface area contributed by atoms with Gasteiger partial charge in [0, 0.05) is 43.0 Å². The fourth-order valence-electron chi connectivity index (χ4n) is 2.18. The highest BCUT2D eigenvalue weighted by molar-refractivity contribution is 5.85. The van der Waals surface area contributed by atoms with E-state index in [4.69, 9.17) is 4.74 Å². The zero-order valence-electron chi connectivity index (χ0n) is 11.9. The smallest absolute Gasteiger partial charge is 0.128 e. The Morgan fingerprint density at radius 1 is 1.37 bits per heavy atom. The molecule has 0 saturated carbocycles. The normalized spacial score (nSPS) is 14.4. The van der Waals surface area contributed by atoms with Gasteiger partial charge < -0.3 is 10.1 Å². The summed E-state index contributed by atoms with van der Waals surface area (Å²) in [7, 11) is 3.87. The maximum absolute atomic E-state index is 5.43. The second-order valence-electron chi connectivity index (χ2n) is 4.77. The van der Waals surface area contributed by atoms with Gasteiger partial charge >= 0.3 is 0 Å². The van der Waals surface area contributed by atoms with Crippen molar-refractivity contribution in [3.63, 3.8) is 0 Å². The molecule has 0 radical (unpaired) electrons. The Bertz CT molecular complexity index is 411. The molecule has 6 heteroatoms. The first-order valence-electron chi connectivity index (χ1n) is 6.03. The molecule has 110 valence electrons. The standard InChI is InChI=1S/C13H21N3O.2ClH/c1-9-5-15-12(10(2)13(9)17-4)8-16(3)11-6-14-7-11;;/h5,11,14H,6-8H2,1-4H3;2*1H. The highest BCUT2D eigenvalue weighted by atomic mass is 35.5. The molecular formula is C13H23Cl2N3O. The first kappa shape index (κ1) is 18.4. The number of aromatic nitrogens is 1. The van der Waals surface area contributed by atoms with Crippen molar-refractivity contribution in [3.8, 4) is 5.75 Å². The molecule has 19 heavy (non-hydrogen) atoms. The SMILES string of the molecule is COc1c(C)cnc(CN(C)C2CNC2)c1C.Cl.Cl. The third kappa shape index (κ3) is 3.96. The summed E-state index contributed by atoms with van der Waals surface area (Å²) < 4.78 is 5.43. The number of nitrogens with zero attached hydrogens (tertiary/aromatic N) is 2. The number of pyridine rings is 1. The van der Waals surface area contributed by atoms with E-state index in [1.54, 1.807) is 7.11 Å². The summed E-state index contributed by atoms with van der Waals surface area (Å²) in [5.74, 6) is 0.968. The summed E-state index contributed by atoms with van der Waals surface area (Å²) in [6.45, 7) is 7.16. The molecule has 0 atom stereocenters. The van der Waals surface area contributed by atoms with Crippen LogP contribution in [-0.4, -0.2) is 43.2 Å². The van der Waals surface area contributed by atoms with Gasteiger partial charge in [0.1, 0.15) is 5.75 Å². The Morgan fingerprint density at radius 2 is 2.00 bits per heavy atom. The average Bonchev–Trinajstić information content (AvgIpc) is 2.20. The number of methoxy groups -OCH3 is 1. The Kier molecular flexibility index (Phi) is 7.67. The van der Waals surface area contributed by atoms with Crippen molar-refractivity contribution < 1.29 is 4.74 Å². The van der Waals surface area contributed by atoms with Gasteiger partial charge in [-0.3, -0.25) is 9.88 Å². The number of ether oxygens (including phenoxy) is 1. The van der Waals surface area contributed by atoms with Crippen LogP contribution in [0.1, 0.15) is 16.8 Å². The highest BCUT2D eigenvalue weighted by Gasteiger charge is 2.22. The molecule has 0 spiro atoms. The van der Waals surface area contributed by atoms with Gasteiger partial charge in [-0.25, -0.2) is 0 Å². The lowest BCUT2D eigenvalue weighted by molar-refractivity contribution is 0.171. The first-order chi connectivity index (χ1) is 8.13. The molecule has 1 saturated heterocycles. The zero-order chi connectivity index (χ0) is 12.4. The molecule has 0 amide bonds. The van der Waals surface area contributed by atoms with E-state index in [1.165, 1.54) is 0 Å². The van der Waals surface area contributed by atoms with Crippen molar-refractivity contribution >= 4 is 24.8 Å². The fourth-order valence-corrected chi connectivity index (χ4v) is 2.18. The molecule has 4 nitrogen and oxygen atoms in total. The van der Waals surface area contributed by atoms with Gasteiger partial charge in [-0.1, -0.05) is 0 Å². The van der Waals surface area contributed by atoms with Crippen molar-refractivity contribution in [3.05, 3.63) is 23.0 Å². The van der Waals surface area contributed by atoms with Crippen molar-refractivity contribution in [2.45, 2.75) is 26.4 Å². The number of hydrogen-bond donors (Lipinski definition) is 1. The predicted octanol–water partition coefficient (Wildman–Crippen LogP) is 1.95. The molecule has 2 heterocycles. The number of hydrogen-bond acceptors (Lipinski definition) is 4. The number of rotatable bonds is 4. The molecule has 1 aliphatic rings. The van der Waals surface area contributed by atoms with E-state index in [1.807, 2.05) is 13.1 Å². The van der Waals surface area contributed by atoms with Crippen LogP contribution < -0.4 is 10.1 Å². The van der Waals surface area contributed by atoms with Crippen LogP contribution in [0.3, 0.4) is 0 Å². The van der Waals surface area contributed by atoms with Crippen LogP contribution in [0.5, 0.6) is 5.75 Å². The molecule has 1 fully saturated rings. The Hall–Kier alpha value is -0.550. The van der Waals surface area contributed by atoms with Crippen molar-refractivity contribution in [2.75, 3.05) is 27.2 Å². The van der Waals surface area contributed by atoms with Crippen LogP contribution in [0.4, 0.5) is 0 Å². The maximum Gasteiger partial charge on any atom is 0.128 e. The largest absolute Gasteiger partial charge is 0.496 e. The van der Waals surface area contributed by atoms with E-state index >= 15 is 0 Å². The minimum absolute atomic E-state index is 0. The van der Waals surface area contributed by atoms with Crippen LogP contribution in [0.15, 0.2) is 6.20 Å². The Morgan fingerprint density at radius 3 is 2.47 bits per heavy atom. The number of nitrogens with one attached hydrogen (secondary N) is 1. The van der Waals surface area contributed by atoms with Crippen LogP contribution in [0, 0.1) is 13.8 Å². The summed E-state index contributed by atoms with van der Waals surface area (Å²) in [4.78, 5) is 6.87. The minimum Gasteiger partial charge on any atom is -0.496 e. The summed E-state index contributed by atoms with van der Waals surface area (Å²) in [6, 6.07) is 0.642. The fraction of sp³-hybridized carbons (Fsp3) is 0.615. The van der Waals surface area contributed by atoms with Gasteiger partial charge in [0.05, 0.1) is 12.8 Å². The van der Waals surface area contributed by atoms with E-state index in [2.05, 4.69) is 29.2 Å². The van der Waals surface area contributed by atoms with Crippen LogP contribution in [-0.2, 0) is 6.54 Å². The van der Waals surface area contributed by atoms with Gasteiger partial charge in [-0.15, -0.1) is 24.8 Å². The van der Waals surface area contributed by atoms with Gasteiger partial charge in [0.2, 0.25) is 0 Å². The van der Waals surface area contributed by atoms with Crippen LogP contribution in [0.2, 0.25) is 0 Å².